The number of anilines is 2. The number of rotatable bonds is 3. The van der Waals surface area contributed by atoms with E-state index in [2.05, 4.69) is 28.9 Å². The molecule has 0 N–H and O–H groups in total. The molecule has 27 heavy (non-hydrogen) atoms. The van der Waals surface area contributed by atoms with Crippen LogP contribution in [0.25, 0.3) is 0 Å². The highest BCUT2D eigenvalue weighted by atomic mass is 32.2. The zero-order valence-electron chi connectivity index (χ0n) is 15.5. The summed E-state index contributed by atoms with van der Waals surface area (Å²) in [7, 11) is -1.35. The van der Waals surface area contributed by atoms with Crippen LogP contribution in [0.1, 0.15) is 29.3 Å². The van der Waals surface area contributed by atoms with E-state index in [0.717, 1.165) is 17.9 Å². The maximum Gasteiger partial charge on any atom is 0.254 e. The monoisotopic (exact) mass is 385 g/mol. The van der Waals surface area contributed by atoms with E-state index >= 15 is 0 Å². The van der Waals surface area contributed by atoms with E-state index in [1.165, 1.54) is 5.56 Å². The SMILES string of the molecule is CC1Cc2ccccc2N1c1cc(C(=O)N(C)C2CCS(=O)(=O)C2)ccn1. The molecule has 2 aromatic rings. The first-order valence-electron chi connectivity index (χ1n) is 9.16. The quantitative estimate of drug-likeness (QED) is 0.812. The van der Waals surface area contributed by atoms with Gasteiger partial charge in [0, 0.05) is 36.6 Å². The number of carbonyl (C=O) groups excluding carboxylic acids is 1. The first-order chi connectivity index (χ1) is 12.9. The summed E-state index contributed by atoms with van der Waals surface area (Å²) in [5.74, 6) is 0.773. The number of sulfone groups is 1. The summed E-state index contributed by atoms with van der Waals surface area (Å²) in [6.07, 6.45) is 3.09. The molecule has 7 heteroatoms. The second-order valence-corrected chi connectivity index (χ2v) is 9.66. The Morgan fingerprint density at radius 1 is 1.26 bits per heavy atom. The third-order valence-corrected chi connectivity index (χ3v) is 7.27. The van der Waals surface area contributed by atoms with E-state index in [1.807, 2.05) is 12.1 Å². The number of fused-ring (bicyclic) bond motifs is 1. The third kappa shape index (κ3) is 3.32. The fourth-order valence-electron chi connectivity index (χ4n) is 4.05. The van der Waals surface area contributed by atoms with Crippen molar-refractivity contribution >= 4 is 27.2 Å². The molecule has 0 spiro atoms. The van der Waals surface area contributed by atoms with Crippen LogP contribution in [0.3, 0.4) is 0 Å². The molecular formula is C20H23N3O3S. The summed E-state index contributed by atoms with van der Waals surface area (Å²) in [4.78, 5) is 21.1. The number of hydrogen-bond donors (Lipinski definition) is 0. The van der Waals surface area contributed by atoms with Gasteiger partial charge in [0.25, 0.3) is 5.91 Å². The average Bonchev–Trinajstić information content (AvgIpc) is 3.18. The second-order valence-electron chi connectivity index (χ2n) is 7.43. The molecule has 2 atom stereocenters. The van der Waals surface area contributed by atoms with E-state index < -0.39 is 9.84 Å². The van der Waals surface area contributed by atoms with Gasteiger partial charge in [-0.25, -0.2) is 13.4 Å². The van der Waals surface area contributed by atoms with E-state index in [1.54, 1.807) is 30.3 Å². The molecule has 1 fully saturated rings. The van der Waals surface area contributed by atoms with Crippen molar-refractivity contribution in [2.24, 2.45) is 0 Å². The molecule has 3 heterocycles. The van der Waals surface area contributed by atoms with Gasteiger partial charge in [0.2, 0.25) is 0 Å². The molecular weight excluding hydrogens is 362 g/mol. The standard InChI is InChI=1S/C20H23N3O3S/c1-14-11-15-5-3-4-6-18(15)23(14)19-12-16(7-9-21-19)20(24)22(2)17-8-10-27(25,26)13-17/h3-7,9,12,14,17H,8,10-11,13H2,1-2H3. The second kappa shape index (κ2) is 6.64. The third-order valence-electron chi connectivity index (χ3n) is 5.52. The summed E-state index contributed by atoms with van der Waals surface area (Å²) in [5.41, 5.74) is 2.93. The largest absolute Gasteiger partial charge is 0.338 e. The van der Waals surface area contributed by atoms with Crippen molar-refractivity contribution in [2.75, 3.05) is 23.5 Å². The smallest absolute Gasteiger partial charge is 0.254 e. The summed E-state index contributed by atoms with van der Waals surface area (Å²) in [6, 6.07) is 11.7. The van der Waals surface area contributed by atoms with Crippen LogP contribution in [0.5, 0.6) is 0 Å². The summed E-state index contributed by atoms with van der Waals surface area (Å²) in [6.45, 7) is 2.14. The van der Waals surface area contributed by atoms with Crippen LogP contribution in [-0.4, -0.2) is 54.8 Å². The molecule has 4 rings (SSSR count). The molecule has 1 saturated heterocycles. The number of nitrogens with zero attached hydrogens (tertiary/aromatic N) is 3. The van der Waals surface area contributed by atoms with Crippen LogP contribution in [-0.2, 0) is 16.3 Å². The number of para-hydroxylation sites is 1. The minimum Gasteiger partial charge on any atom is -0.338 e. The van der Waals surface area contributed by atoms with Gasteiger partial charge in [0.15, 0.2) is 9.84 Å². The van der Waals surface area contributed by atoms with Gasteiger partial charge in [-0.1, -0.05) is 18.2 Å². The number of benzene rings is 1. The lowest BCUT2D eigenvalue weighted by atomic mass is 10.1. The lowest BCUT2D eigenvalue weighted by Crippen LogP contribution is -2.38. The zero-order valence-corrected chi connectivity index (χ0v) is 16.3. The molecule has 1 aromatic carbocycles. The predicted octanol–water partition coefficient (Wildman–Crippen LogP) is 2.42. The molecule has 1 amide bonds. The molecule has 0 saturated carbocycles. The summed E-state index contributed by atoms with van der Waals surface area (Å²) >= 11 is 0. The molecule has 0 radical (unpaired) electrons. The van der Waals surface area contributed by atoms with E-state index in [0.29, 0.717) is 12.0 Å². The highest BCUT2D eigenvalue weighted by Crippen LogP contribution is 2.37. The van der Waals surface area contributed by atoms with Crippen LogP contribution in [0.4, 0.5) is 11.5 Å². The fraction of sp³-hybridized carbons (Fsp3) is 0.400. The molecule has 2 aliphatic heterocycles. The van der Waals surface area contributed by atoms with Gasteiger partial charge in [0.1, 0.15) is 5.82 Å². The van der Waals surface area contributed by atoms with E-state index in [4.69, 9.17) is 0 Å². The van der Waals surface area contributed by atoms with Gasteiger partial charge in [-0.2, -0.15) is 0 Å². The van der Waals surface area contributed by atoms with E-state index in [-0.39, 0.29) is 29.5 Å². The van der Waals surface area contributed by atoms with Crippen LogP contribution in [0, 0.1) is 0 Å². The van der Waals surface area contributed by atoms with Crippen molar-refractivity contribution in [3.63, 3.8) is 0 Å². The van der Waals surface area contributed by atoms with Gasteiger partial charge in [-0.15, -0.1) is 0 Å². The van der Waals surface area contributed by atoms with Crippen LogP contribution in [0.15, 0.2) is 42.6 Å². The molecule has 2 aliphatic rings. The van der Waals surface area contributed by atoms with Gasteiger partial charge < -0.3 is 9.80 Å². The molecule has 0 bridgehead atoms. The highest BCUT2D eigenvalue weighted by molar-refractivity contribution is 7.91. The van der Waals surface area contributed by atoms with Crippen LogP contribution in [0.2, 0.25) is 0 Å². The van der Waals surface area contributed by atoms with Crippen molar-refractivity contribution in [1.82, 2.24) is 9.88 Å². The maximum absolute atomic E-state index is 12.9. The Morgan fingerprint density at radius 3 is 2.78 bits per heavy atom. The highest BCUT2D eigenvalue weighted by Gasteiger charge is 2.33. The first kappa shape index (κ1) is 18.0. The lowest BCUT2D eigenvalue weighted by Gasteiger charge is -2.26. The van der Waals surface area contributed by atoms with Gasteiger partial charge in [-0.3, -0.25) is 4.79 Å². The van der Waals surface area contributed by atoms with Gasteiger partial charge in [0.05, 0.1) is 11.5 Å². The molecule has 2 unspecified atom stereocenters. The average molecular weight is 385 g/mol. The molecule has 1 aromatic heterocycles. The first-order valence-corrected chi connectivity index (χ1v) is 11.0. The van der Waals surface area contributed by atoms with Crippen LogP contribution >= 0.6 is 0 Å². The van der Waals surface area contributed by atoms with Crippen molar-refractivity contribution in [3.05, 3.63) is 53.7 Å². The Balaban J connectivity index is 1.61. The van der Waals surface area contributed by atoms with Crippen molar-refractivity contribution in [1.29, 1.82) is 0 Å². The molecule has 142 valence electrons. The Hall–Kier alpha value is -2.41. The normalized spacial score (nSPS) is 23.3. The number of carbonyl (C=O) groups is 1. The lowest BCUT2D eigenvalue weighted by molar-refractivity contribution is 0.0747. The number of pyridine rings is 1. The Morgan fingerprint density at radius 2 is 2.04 bits per heavy atom. The minimum atomic E-state index is -3.03. The van der Waals surface area contributed by atoms with Crippen molar-refractivity contribution in [3.8, 4) is 0 Å². The van der Waals surface area contributed by atoms with E-state index in [9.17, 15) is 13.2 Å². The summed E-state index contributed by atoms with van der Waals surface area (Å²) < 4.78 is 23.5. The zero-order chi connectivity index (χ0) is 19.2. The number of hydrogen-bond acceptors (Lipinski definition) is 5. The van der Waals surface area contributed by atoms with Gasteiger partial charge >= 0.3 is 0 Å². The fourth-order valence-corrected chi connectivity index (χ4v) is 5.82. The topological polar surface area (TPSA) is 70.6 Å². The van der Waals surface area contributed by atoms with Crippen molar-refractivity contribution < 1.29 is 13.2 Å². The Labute approximate surface area is 159 Å². The van der Waals surface area contributed by atoms with Gasteiger partial charge in [-0.05, 0) is 43.5 Å². The maximum atomic E-state index is 12.9. The van der Waals surface area contributed by atoms with Crippen LogP contribution < -0.4 is 4.90 Å². The molecule has 0 aliphatic carbocycles. The van der Waals surface area contributed by atoms with Crippen molar-refractivity contribution in [2.45, 2.75) is 31.8 Å². The summed E-state index contributed by atoms with van der Waals surface area (Å²) in [5, 5.41) is 0. The Kier molecular flexibility index (Phi) is 4.42. The molecule has 6 nitrogen and oxygen atoms in total. The number of aromatic nitrogens is 1. The Bertz CT molecular complexity index is 989. The predicted molar refractivity (Wildman–Crippen MR) is 105 cm³/mol. The minimum absolute atomic E-state index is 0.0454. The number of amides is 1.